The lowest BCUT2D eigenvalue weighted by molar-refractivity contribution is 0.0444. The van der Waals surface area contributed by atoms with E-state index in [9.17, 15) is 4.79 Å². The van der Waals surface area contributed by atoms with Crippen LogP contribution in [0.4, 0.5) is 22.4 Å². The van der Waals surface area contributed by atoms with Crippen LogP contribution in [0.15, 0.2) is 18.3 Å². The molecule has 0 aromatic carbocycles. The molecule has 3 heterocycles. The molecular formula is C30H46N10O. The van der Waals surface area contributed by atoms with Crippen LogP contribution in [-0.4, -0.2) is 92.4 Å². The lowest BCUT2D eigenvalue weighted by Gasteiger charge is -2.46. The number of anilines is 3. The Hall–Kier alpha value is -2.92. The van der Waals surface area contributed by atoms with Crippen LogP contribution in [0.2, 0.25) is 0 Å². The standard InChI is InChI=1S/C30H46N10O/c41-30(34-23-17-25(18-23)40-15-13-39(14-16-40)24-9-10-24)33-22-7-5-21(6-8-22)32-29-31-12-11-27(36-29)35-28-19-26(37-38-28)20-3-1-2-4-20/h11-12,19-25H,1-10,13-18H2,(H2,33,34,41)(H3,31,32,35,36,37,38)/t21-,22-,23-,25-. The van der Waals surface area contributed by atoms with Crippen LogP contribution in [0.25, 0.3) is 0 Å². The predicted molar refractivity (Wildman–Crippen MR) is 159 cm³/mol. The number of carbonyl (C=O) groups is 1. The normalized spacial score (nSPS) is 29.6. The van der Waals surface area contributed by atoms with Gasteiger partial charge in [-0.3, -0.25) is 14.9 Å². The predicted octanol–water partition coefficient (Wildman–Crippen LogP) is 3.93. The summed E-state index contributed by atoms with van der Waals surface area (Å²) in [5, 5.41) is 20.9. The number of nitrogens with zero attached hydrogens (tertiary/aromatic N) is 5. The molecule has 0 atom stereocenters. The van der Waals surface area contributed by atoms with Gasteiger partial charge in [0.1, 0.15) is 5.82 Å². The molecule has 0 spiro atoms. The van der Waals surface area contributed by atoms with Crippen molar-refractivity contribution in [2.75, 3.05) is 36.8 Å². The number of carbonyl (C=O) groups excluding carboxylic acids is 1. The number of aromatic nitrogens is 4. The SMILES string of the molecule is O=C(N[C@H]1CC[C@H](Nc2nccc(Nc3cc(C4CCCC4)[nH]n3)n2)CC1)N[C@H]1C[C@H](N2CCN(C3CC3)CC2)C1. The smallest absolute Gasteiger partial charge is 0.315 e. The minimum absolute atomic E-state index is 0.0000224. The number of nitrogens with one attached hydrogen (secondary N) is 5. The summed E-state index contributed by atoms with van der Waals surface area (Å²) in [4.78, 5) is 27.1. The zero-order chi connectivity index (χ0) is 27.6. The minimum atomic E-state index is -0.0000224. The lowest BCUT2D eigenvalue weighted by atomic mass is 9.85. The highest BCUT2D eigenvalue weighted by Crippen LogP contribution is 2.34. The molecule has 2 aromatic rings. The van der Waals surface area contributed by atoms with E-state index in [1.807, 2.05) is 6.07 Å². The van der Waals surface area contributed by atoms with E-state index in [0.717, 1.165) is 56.2 Å². The molecule has 0 unspecified atom stereocenters. The second kappa shape index (κ2) is 12.1. The van der Waals surface area contributed by atoms with Crippen LogP contribution in [0.3, 0.4) is 0 Å². The lowest BCUT2D eigenvalue weighted by Crippen LogP contribution is -2.60. The molecule has 2 aromatic heterocycles. The van der Waals surface area contributed by atoms with Gasteiger partial charge in [0.2, 0.25) is 5.95 Å². The molecule has 41 heavy (non-hydrogen) atoms. The van der Waals surface area contributed by atoms with Crippen LogP contribution in [0.1, 0.15) is 88.7 Å². The number of rotatable bonds is 9. The number of aromatic amines is 1. The fourth-order valence-electron chi connectivity index (χ4n) is 7.36. The Bertz CT molecular complexity index is 1160. The number of H-pyrrole nitrogens is 1. The van der Waals surface area contributed by atoms with Gasteiger partial charge in [0.15, 0.2) is 5.82 Å². The topological polar surface area (TPSA) is 126 Å². The van der Waals surface area contributed by atoms with E-state index < -0.39 is 0 Å². The van der Waals surface area contributed by atoms with E-state index in [2.05, 4.69) is 57.3 Å². The van der Waals surface area contributed by atoms with Crippen LogP contribution in [-0.2, 0) is 0 Å². The molecule has 5 aliphatic rings. The molecule has 2 amide bonds. The first kappa shape index (κ1) is 26.9. The number of piperazine rings is 1. The van der Waals surface area contributed by atoms with Crippen molar-refractivity contribution in [1.29, 1.82) is 0 Å². The molecule has 222 valence electrons. The van der Waals surface area contributed by atoms with Crippen molar-refractivity contribution in [3.8, 4) is 0 Å². The third-order valence-corrected chi connectivity index (χ3v) is 10.1. The Morgan fingerprint density at radius 1 is 0.805 bits per heavy atom. The van der Waals surface area contributed by atoms with Gasteiger partial charge in [-0.2, -0.15) is 10.1 Å². The van der Waals surface area contributed by atoms with E-state index in [1.165, 1.54) is 70.4 Å². The van der Waals surface area contributed by atoms with Gasteiger partial charge in [-0.25, -0.2) is 9.78 Å². The van der Waals surface area contributed by atoms with Crippen molar-refractivity contribution >= 4 is 23.6 Å². The number of hydrogen-bond donors (Lipinski definition) is 5. The molecule has 0 bridgehead atoms. The maximum Gasteiger partial charge on any atom is 0.315 e. The van der Waals surface area contributed by atoms with Crippen LogP contribution in [0, 0.1) is 0 Å². The summed E-state index contributed by atoms with van der Waals surface area (Å²) in [7, 11) is 0. The highest BCUT2D eigenvalue weighted by Gasteiger charge is 2.38. The number of hydrogen-bond acceptors (Lipinski definition) is 8. The van der Waals surface area contributed by atoms with E-state index in [4.69, 9.17) is 0 Å². The summed E-state index contributed by atoms with van der Waals surface area (Å²) in [5.74, 6) is 2.76. The summed E-state index contributed by atoms with van der Waals surface area (Å²) in [6.07, 6.45) is 15.7. The first-order valence-corrected chi connectivity index (χ1v) is 16.1. The molecule has 5 fully saturated rings. The summed E-state index contributed by atoms with van der Waals surface area (Å²) >= 11 is 0. The molecule has 5 N–H and O–H groups in total. The van der Waals surface area contributed by atoms with Crippen molar-refractivity contribution < 1.29 is 4.79 Å². The van der Waals surface area contributed by atoms with Gasteiger partial charge < -0.3 is 21.3 Å². The Morgan fingerprint density at radius 2 is 1.49 bits per heavy atom. The van der Waals surface area contributed by atoms with Crippen LogP contribution < -0.4 is 21.3 Å². The van der Waals surface area contributed by atoms with Crippen LogP contribution >= 0.6 is 0 Å². The quantitative estimate of drug-likeness (QED) is 0.311. The summed E-state index contributed by atoms with van der Waals surface area (Å²) < 4.78 is 0. The van der Waals surface area contributed by atoms with E-state index in [-0.39, 0.29) is 12.1 Å². The van der Waals surface area contributed by atoms with E-state index in [1.54, 1.807) is 6.20 Å². The van der Waals surface area contributed by atoms with Gasteiger partial charge in [0.25, 0.3) is 0 Å². The summed E-state index contributed by atoms with van der Waals surface area (Å²) in [6, 6.07) is 6.34. The largest absolute Gasteiger partial charge is 0.351 e. The third kappa shape index (κ3) is 6.77. The first-order chi connectivity index (χ1) is 20.1. The molecule has 1 aliphatic heterocycles. The number of urea groups is 1. The molecule has 11 nitrogen and oxygen atoms in total. The molecule has 4 aliphatic carbocycles. The average Bonchev–Trinajstić information content (AvgIpc) is 3.46. The molecular weight excluding hydrogens is 516 g/mol. The molecule has 4 saturated carbocycles. The maximum absolute atomic E-state index is 12.7. The first-order valence-electron chi connectivity index (χ1n) is 16.1. The summed E-state index contributed by atoms with van der Waals surface area (Å²) in [5.41, 5.74) is 1.21. The highest BCUT2D eigenvalue weighted by atomic mass is 16.2. The highest BCUT2D eigenvalue weighted by molar-refractivity contribution is 5.74. The van der Waals surface area contributed by atoms with Gasteiger partial charge in [-0.15, -0.1) is 0 Å². The fraction of sp³-hybridized carbons (Fsp3) is 0.733. The monoisotopic (exact) mass is 562 g/mol. The van der Waals surface area contributed by atoms with Crippen molar-refractivity contribution in [2.45, 2.75) is 113 Å². The van der Waals surface area contributed by atoms with Crippen molar-refractivity contribution in [1.82, 2.24) is 40.6 Å². The van der Waals surface area contributed by atoms with Crippen molar-refractivity contribution in [3.63, 3.8) is 0 Å². The zero-order valence-corrected chi connectivity index (χ0v) is 24.2. The minimum Gasteiger partial charge on any atom is -0.351 e. The van der Waals surface area contributed by atoms with Crippen molar-refractivity contribution in [2.24, 2.45) is 0 Å². The molecule has 0 radical (unpaired) electrons. The molecule has 1 saturated heterocycles. The molecule has 7 rings (SSSR count). The van der Waals surface area contributed by atoms with Gasteiger partial charge in [0.05, 0.1) is 0 Å². The van der Waals surface area contributed by atoms with E-state index in [0.29, 0.717) is 30.0 Å². The van der Waals surface area contributed by atoms with Crippen LogP contribution in [0.5, 0.6) is 0 Å². The van der Waals surface area contributed by atoms with E-state index >= 15 is 0 Å². The number of amides is 2. The van der Waals surface area contributed by atoms with Gasteiger partial charge in [0, 0.05) is 80.3 Å². The van der Waals surface area contributed by atoms with Gasteiger partial charge >= 0.3 is 6.03 Å². The maximum atomic E-state index is 12.7. The fourth-order valence-corrected chi connectivity index (χ4v) is 7.36. The van der Waals surface area contributed by atoms with Crippen molar-refractivity contribution in [3.05, 3.63) is 24.0 Å². The second-order valence-electron chi connectivity index (χ2n) is 13.0. The molecule has 11 heteroatoms. The Balaban J connectivity index is 0.798. The Labute approximate surface area is 243 Å². The van der Waals surface area contributed by atoms with Gasteiger partial charge in [-0.1, -0.05) is 12.8 Å². The Morgan fingerprint density at radius 3 is 2.22 bits per heavy atom. The third-order valence-electron chi connectivity index (χ3n) is 10.1. The second-order valence-corrected chi connectivity index (χ2v) is 13.0. The average molecular weight is 563 g/mol. The van der Waals surface area contributed by atoms with Gasteiger partial charge in [-0.05, 0) is 70.3 Å². The summed E-state index contributed by atoms with van der Waals surface area (Å²) in [6.45, 7) is 4.82. The Kier molecular flexibility index (Phi) is 7.97. The zero-order valence-electron chi connectivity index (χ0n) is 24.2.